The minimum atomic E-state index is -2.74. The molecule has 0 amide bonds. The summed E-state index contributed by atoms with van der Waals surface area (Å²) in [5, 5.41) is 0. The molecule has 1 aromatic rings. The summed E-state index contributed by atoms with van der Waals surface area (Å²) in [6.07, 6.45) is 8.33. The van der Waals surface area contributed by atoms with Crippen LogP contribution in [0.1, 0.15) is 70.4 Å². The molecule has 142 valence electrons. The highest BCUT2D eigenvalue weighted by Crippen LogP contribution is 2.22. The predicted molar refractivity (Wildman–Crippen MR) is 109 cm³/mol. The maximum atomic E-state index is 6.33. The lowest BCUT2D eigenvalue weighted by atomic mass is 10.1. The molecule has 3 nitrogen and oxygen atoms in total. The first-order valence-electron chi connectivity index (χ1n) is 9.83. The standard InChI is InChI=1S/C21H36O3Si/c1-5-9-16-22-25(23-17-10-6-2,24-18-11-7-3)19-21-15-13-12-14-20(21)8-4/h8,12-15H,4-7,9-11,16-19H2,1-3H3. The SMILES string of the molecule is C=Cc1ccccc1C[Si](OCCCC)(OCCCC)OCCCC. The highest BCUT2D eigenvalue weighted by atomic mass is 28.4. The Morgan fingerprint density at radius 2 is 1.32 bits per heavy atom. The molecule has 0 atom stereocenters. The van der Waals surface area contributed by atoms with Gasteiger partial charge in [0.2, 0.25) is 0 Å². The molecule has 25 heavy (non-hydrogen) atoms. The minimum absolute atomic E-state index is 0.706. The maximum absolute atomic E-state index is 6.33. The molecule has 4 heteroatoms. The first-order chi connectivity index (χ1) is 12.2. The van der Waals surface area contributed by atoms with Crippen molar-refractivity contribution < 1.29 is 13.3 Å². The monoisotopic (exact) mass is 364 g/mol. The van der Waals surface area contributed by atoms with Crippen LogP contribution in [-0.2, 0) is 19.3 Å². The van der Waals surface area contributed by atoms with Gasteiger partial charge in [-0.3, -0.25) is 0 Å². The Morgan fingerprint density at radius 1 is 0.840 bits per heavy atom. The molecular formula is C21H36O3Si. The molecular weight excluding hydrogens is 328 g/mol. The number of hydrogen-bond donors (Lipinski definition) is 0. The zero-order valence-electron chi connectivity index (χ0n) is 16.4. The van der Waals surface area contributed by atoms with Crippen LogP contribution in [0.2, 0.25) is 0 Å². The van der Waals surface area contributed by atoms with Crippen LogP contribution >= 0.6 is 0 Å². The summed E-state index contributed by atoms with van der Waals surface area (Å²) < 4.78 is 19.0. The molecule has 0 aliphatic carbocycles. The second-order valence-corrected chi connectivity index (χ2v) is 8.95. The van der Waals surface area contributed by atoms with Gasteiger partial charge in [0.1, 0.15) is 0 Å². The van der Waals surface area contributed by atoms with E-state index in [4.69, 9.17) is 13.3 Å². The first-order valence-corrected chi connectivity index (χ1v) is 11.8. The summed E-state index contributed by atoms with van der Waals surface area (Å²) in [4.78, 5) is 0. The van der Waals surface area contributed by atoms with E-state index in [1.54, 1.807) is 0 Å². The van der Waals surface area contributed by atoms with Crippen molar-refractivity contribution in [3.05, 3.63) is 42.0 Å². The summed E-state index contributed by atoms with van der Waals surface area (Å²) in [6, 6.07) is 9.04. The fourth-order valence-electron chi connectivity index (χ4n) is 2.52. The molecule has 0 saturated carbocycles. The molecule has 0 bridgehead atoms. The molecule has 0 heterocycles. The highest BCUT2D eigenvalue weighted by Gasteiger charge is 2.41. The van der Waals surface area contributed by atoms with E-state index in [1.165, 1.54) is 5.56 Å². The second kappa shape index (κ2) is 13.3. The van der Waals surface area contributed by atoms with E-state index in [0.717, 1.165) is 44.1 Å². The zero-order chi connectivity index (χ0) is 18.4. The largest absolute Gasteiger partial charge is 0.505 e. The van der Waals surface area contributed by atoms with Crippen LogP contribution in [0.3, 0.4) is 0 Å². The van der Waals surface area contributed by atoms with Gasteiger partial charge in [-0.25, -0.2) is 0 Å². The number of benzene rings is 1. The quantitative estimate of drug-likeness (QED) is 0.291. The van der Waals surface area contributed by atoms with Gasteiger partial charge in [0.15, 0.2) is 0 Å². The fourth-order valence-corrected chi connectivity index (χ4v) is 5.23. The van der Waals surface area contributed by atoms with E-state index in [2.05, 4.69) is 45.5 Å². The van der Waals surface area contributed by atoms with E-state index < -0.39 is 8.80 Å². The molecule has 0 aliphatic heterocycles. The maximum Gasteiger partial charge on any atom is 0.505 e. The van der Waals surface area contributed by atoms with Gasteiger partial charge in [0.25, 0.3) is 0 Å². The summed E-state index contributed by atoms with van der Waals surface area (Å²) >= 11 is 0. The van der Waals surface area contributed by atoms with Gasteiger partial charge in [-0.1, -0.05) is 77.0 Å². The smallest absolute Gasteiger partial charge is 0.373 e. The van der Waals surface area contributed by atoms with Gasteiger partial charge in [-0.15, -0.1) is 0 Å². The average molecular weight is 365 g/mol. The van der Waals surface area contributed by atoms with Crippen LogP contribution in [0.5, 0.6) is 0 Å². The van der Waals surface area contributed by atoms with Crippen molar-refractivity contribution in [3.8, 4) is 0 Å². The van der Waals surface area contributed by atoms with Crippen LogP contribution in [0.25, 0.3) is 6.08 Å². The average Bonchev–Trinajstić information content (AvgIpc) is 2.63. The Labute approximate surface area is 155 Å². The van der Waals surface area contributed by atoms with Gasteiger partial charge in [0, 0.05) is 25.9 Å². The van der Waals surface area contributed by atoms with Crippen molar-refractivity contribution in [1.29, 1.82) is 0 Å². The van der Waals surface area contributed by atoms with Crippen LogP contribution < -0.4 is 0 Å². The first kappa shape index (κ1) is 22.1. The lowest BCUT2D eigenvalue weighted by Crippen LogP contribution is -2.49. The molecule has 0 spiro atoms. The number of hydrogen-bond acceptors (Lipinski definition) is 3. The van der Waals surface area contributed by atoms with Gasteiger partial charge in [0.05, 0.1) is 0 Å². The van der Waals surface area contributed by atoms with Gasteiger partial charge >= 0.3 is 8.80 Å². The summed E-state index contributed by atoms with van der Waals surface area (Å²) in [7, 11) is -2.74. The van der Waals surface area contributed by atoms with E-state index in [9.17, 15) is 0 Å². The van der Waals surface area contributed by atoms with Crippen molar-refractivity contribution in [2.75, 3.05) is 19.8 Å². The van der Waals surface area contributed by atoms with Crippen molar-refractivity contribution in [2.45, 2.75) is 65.3 Å². The van der Waals surface area contributed by atoms with Crippen molar-refractivity contribution in [3.63, 3.8) is 0 Å². The molecule has 0 fully saturated rings. The molecule has 1 aromatic carbocycles. The molecule has 0 aromatic heterocycles. The van der Waals surface area contributed by atoms with Gasteiger partial charge < -0.3 is 13.3 Å². The third-order valence-corrected chi connectivity index (χ3v) is 6.89. The van der Waals surface area contributed by atoms with E-state index in [1.807, 2.05) is 12.1 Å². The topological polar surface area (TPSA) is 27.7 Å². The van der Waals surface area contributed by atoms with E-state index >= 15 is 0 Å². The normalized spacial score (nSPS) is 11.6. The van der Waals surface area contributed by atoms with Gasteiger partial charge in [-0.05, 0) is 30.4 Å². The Balaban J connectivity index is 2.98. The van der Waals surface area contributed by atoms with Crippen molar-refractivity contribution in [2.24, 2.45) is 0 Å². The lowest BCUT2D eigenvalue weighted by Gasteiger charge is -2.30. The van der Waals surface area contributed by atoms with Crippen LogP contribution in [0.4, 0.5) is 0 Å². The fraction of sp³-hybridized carbons (Fsp3) is 0.619. The van der Waals surface area contributed by atoms with Crippen LogP contribution in [0, 0.1) is 0 Å². The summed E-state index contributed by atoms with van der Waals surface area (Å²) in [6.45, 7) is 12.6. The zero-order valence-corrected chi connectivity index (χ0v) is 17.4. The Kier molecular flexibility index (Phi) is 11.7. The third-order valence-electron chi connectivity index (χ3n) is 4.14. The van der Waals surface area contributed by atoms with E-state index in [-0.39, 0.29) is 0 Å². The Bertz CT molecular complexity index is 449. The number of unbranched alkanes of at least 4 members (excludes halogenated alkanes) is 3. The van der Waals surface area contributed by atoms with Crippen LogP contribution in [-0.4, -0.2) is 28.6 Å². The Hall–Kier alpha value is -0.943. The number of rotatable bonds is 15. The predicted octanol–water partition coefficient (Wildman–Crippen LogP) is 5.80. The minimum Gasteiger partial charge on any atom is -0.373 e. The lowest BCUT2D eigenvalue weighted by molar-refractivity contribution is 0.0554. The highest BCUT2D eigenvalue weighted by molar-refractivity contribution is 6.60. The van der Waals surface area contributed by atoms with E-state index in [0.29, 0.717) is 25.9 Å². The van der Waals surface area contributed by atoms with Gasteiger partial charge in [-0.2, -0.15) is 0 Å². The summed E-state index contributed by atoms with van der Waals surface area (Å²) in [5.74, 6) is 0. The molecule has 0 saturated heterocycles. The second-order valence-electron chi connectivity index (χ2n) is 6.37. The molecule has 0 unspecified atom stereocenters. The molecule has 0 radical (unpaired) electrons. The third kappa shape index (κ3) is 8.32. The van der Waals surface area contributed by atoms with Crippen LogP contribution in [0.15, 0.2) is 30.8 Å². The summed E-state index contributed by atoms with van der Waals surface area (Å²) in [5.41, 5.74) is 2.34. The Morgan fingerprint density at radius 3 is 1.76 bits per heavy atom. The van der Waals surface area contributed by atoms with Crippen molar-refractivity contribution in [1.82, 2.24) is 0 Å². The molecule has 0 aliphatic rings. The molecule has 1 rings (SSSR count). The molecule has 0 N–H and O–H groups in total. The van der Waals surface area contributed by atoms with Crippen molar-refractivity contribution >= 4 is 14.9 Å².